The number of nitrogens with two attached hydrogens (primary N) is 1. The van der Waals surface area contributed by atoms with Gasteiger partial charge in [-0.1, -0.05) is 0 Å². The predicted octanol–water partition coefficient (Wildman–Crippen LogP) is 2.50. The summed E-state index contributed by atoms with van der Waals surface area (Å²) in [4.78, 5) is 20.3. The van der Waals surface area contributed by atoms with Crippen LogP contribution in [0.25, 0.3) is 0 Å². The zero-order chi connectivity index (χ0) is 16.5. The average molecular weight is 306 g/mol. The first-order valence-electron chi connectivity index (χ1n) is 7.55. The molecule has 0 unspecified atom stereocenters. The summed E-state index contributed by atoms with van der Waals surface area (Å²) < 4.78 is 5.47. The number of nitrogens with zero attached hydrogens (tertiary/aromatic N) is 3. The van der Waals surface area contributed by atoms with Crippen molar-refractivity contribution in [3.63, 3.8) is 0 Å². The molecule has 22 heavy (non-hydrogen) atoms. The third-order valence-corrected chi connectivity index (χ3v) is 3.67. The van der Waals surface area contributed by atoms with Gasteiger partial charge in [-0.3, -0.25) is 4.98 Å². The summed E-state index contributed by atoms with van der Waals surface area (Å²) in [5.74, 6) is 0. The molecule has 0 aromatic carbocycles. The Labute approximate surface area is 132 Å². The number of hydrogen-bond acceptors (Lipinski definition) is 5. The fraction of sp³-hybridized carbons (Fsp3) is 0.625. The van der Waals surface area contributed by atoms with E-state index in [0.29, 0.717) is 25.3 Å². The molecule has 1 saturated heterocycles. The molecule has 2 N–H and O–H groups in total. The van der Waals surface area contributed by atoms with Gasteiger partial charge in [0.25, 0.3) is 0 Å². The predicted molar refractivity (Wildman–Crippen MR) is 87.9 cm³/mol. The summed E-state index contributed by atoms with van der Waals surface area (Å²) in [6.45, 7) is 11.7. The lowest BCUT2D eigenvalue weighted by Gasteiger charge is -2.48. The molecular formula is C16H26N4O2. The summed E-state index contributed by atoms with van der Waals surface area (Å²) in [7, 11) is 0. The normalized spacial score (nSPS) is 18.2. The maximum Gasteiger partial charge on any atom is 0.410 e. The highest BCUT2D eigenvalue weighted by atomic mass is 16.6. The Bertz CT molecular complexity index is 551. The standard InChI is InChI=1S/C16H26N4O2/c1-15(2,3)22-14(21)19-8-9-20(16(4,5)11-19)13-6-7-18-10-12(13)17/h6-7,10H,8-9,11,17H2,1-5H3. The number of carbonyl (C=O) groups excluding carboxylic acids is 1. The highest BCUT2D eigenvalue weighted by Gasteiger charge is 2.37. The molecular weight excluding hydrogens is 280 g/mol. The number of hydrogen-bond donors (Lipinski definition) is 1. The van der Waals surface area contributed by atoms with Crippen LogP contribution in [0.1, 0.15) is 34.6 Å². The topological polar surface area (TPSA) is 71.7 Å². The lowest BCUT2D eigenvalue weighted by atomic mass is 9.98. The van der Waals surface area contributed by atoms with Crippen LogP contribution in [0.4, 0.5) is 16.2 Å². The van der Waals surface area contributed by atoms with Crippen molar-refractivity contribution in [2.75, 3.05) is 30.3 Å². The van der Waals surface area contributed by atoms with E-state index in [1.165, 1.54) is 0 Å². The third kappa shape index (κ3) is 3.61. The van der Waals surface area contributed by atoms with E-state index in [0.717, 1.165) is 5.69 Å². The van der Waals surface area contributed by atoms with E-state index in [2.05, 4.69) is 23.7 Å². The molecule has 6 heteroatoms. The van der Waals surface area contributed by atoms with Crippen molar-refractivity contribution in [1.29, 1.82) is 0 Å². The summed E-state index contributed by atoms with van der Waals surface area (Å²) in [5, 5.41) is 0. The molecule has 1 aromatic rings. The number of amides is 1. The number of pyridine rings is 1. The van der Waals surface area contributed by atoms with Gasteiger partial charge in [0, 0.05) is 25.8 Å². The van der Waals surface area contributed by atoms with Crippen molar-refractivity contribution < 1.29 is 9.53 Å². The molecule has 2 rings (SSSR count). The summed E-state index contributed by atoms with van der Waals surface area (Å²) in [6.07, 6.45) is 3.14. The molecule has 1 aromatic heterocycles. The SMILES string of the molecule is CC(C)(C)OC(=O)N1CCN(c2ccncc2N)C(C)(C)C1. The van der Waals surface area contributed by atoms with Crippen LogP contribution >= 0.6 is 0 Å². The molecule has 0 aliphatic carbocycles. The van der Waals surface area contributed by atoms with Crippen LogP contribution < -0.4 is 10.6 Å². The fourth-order valence-electron chi connectivity index (χ4n) is 2.73. The maximum absolute atomic E-state index is 12.3. The number of aromatic nitrogens is 1. The van der Waals surface area contributed by atoms with Crippen LogP contribution in [0, 0.1) is 0 Å². The Morgan fingerprint density at radius 3 is 2.59 bits per heavy atom. The Hall–Kier alpha value is -1.98. The Morgan fingerprint density at radius 2 is 2.05 bits per heavy atom. The monoisotopic (exact) mass is 306 g/mol. The lowest BCUT2D eigenvalue weighted by molar-refractivity contribution is 0.0179. The third-order valence-electron chi connectivity index (χ3n) is 3.67. The number of anilines is 2. The number of ether oxygens (including phenoxy) is 1. The van der Waals surface area contributed by atoms with Crippen molar-refractivity contribution in [2.24, 2.45) is 0 Å². The number of piperazine rings is 1. The lowest BCUT2D eigenvalue weighted by Crippen LogP contribution is -2.61. The smallest absolute Gasteiger partial charge is 0.410 e. The Morgan fingerprint density at radius 1 is 1.36 bits per heavy atom. The molecule has 0 radical (unpaired) electrons. The highest BCUT2D eigenvalue weighted by molar-refractivity contribution is 5.71. The molecule has 0 saturated carbocycles. The van der Waals surface area contributed by atoms with Crippen molar-refractivity contribution in [1.82, 2.24) is 9.88 Å². The van der Waals surface area contributed by atoms with Gasteiger partial charge in [0.1, 0.15) is 5.60 Å². The van der Waals surface area contributed by atoms with Crippen LogP contribution in [0.2, 0.25) is 0 Å². The van der Waals surface area contributed by atoms with Gasteiger partial charge in [-0.25, -0.2) is 4.79 Å². The van der Waals surface area contributed by atoms with Gasteiger partial charge < -0.3 is 20.3 Å². The van der Waals surface area contributed by atoms with E-state index in [1.54, 1.807) is 17.3 Å². The minimum absolute atomic E-state index is 0.232. The first-order chi connectivity index (χ1) is 10.1. The first kappa shape index (κ1) is 16.4. The van der Waals surface area contributed by atoms with Crippen LogP contribution in [-0.2, 0) is 4.74 Å². The summed E-state index contributed by atoms with van der Waals surface area (Å²) in [5.41, 5.74) is 6.95. The van der Waals surface area contributed by atoms with Crippen LogP contribution in [0.3, 0.4) is 0 Å². The van der Waals surface area contributed by atoms with Crippen molar-refractivity contribution in [3.8, 4) is 0 Å². The maximum atomic E-state index is 12.3. The van der Waals surface area contributed by atoms with Crippen LogP contribution in [-0.4, -0.2) is 46.8 Å². The first-order valence-corrected chi connectivity index (χ1v) is 7.55. The van der Waals surface area contributed by atoms with Crippen molar-refractivity contribution >= 4 is 17.5 Å². The van der Waals surface area contributed by atoms with Gasteiger partial charge in [0.2, 0.25) is 0 Å². The zero-order valence-electron chi connectivity index (χ0n) is 14.1. The summed E-state index contributed by atoms with van der Waals surface area (Å²) in [6, 6.07) is 1.92. The van der Waals surface area contributed by atoms with Gasteiger partial charge in [0.15, 0.2) is 0 Å². The molecule has 1 fully saturated rings. The molecule has 6 nitrogen and oxygen atoms in total. The van der Waals surface area contributed by atoms with E-state index in [1.807, 2.05) is 26.8 Å². The molecule has 1 aliphatic heterocycles. The second-order valence-corrected chi connectivity index (χ2v) is 7.30. The molecule has 2 heterocycles. The van der Waals surface area contributed by atoms with Crippen LogP contribution in [0.15, 0.2) is 18.5 Å². The minimum Gasteiger partial charge on any atom is -0.444 e. The second-order valence-electron chi connectivity index (χ2n) is 7.30. The zero-order valence-corrected chi connectivity index (χ0v) is 14.1. The molecule has 0 atom stereocenters. The largest absolute Gasteiger partial charge is 0.444 e. The molecule has 122 valence electrons. The highest BCUT2D eigenvalue weighted by Crippen LogP contribution is 2.31. The molecule has 1 amide bonds. The average Bonchev–Trinajstić information content (AvgIpc) is 2.37. The Balaban J connectivity index is 2.13. The van der Waals surface area contributed by atoms with Crippen molar-refractivity contribution in [2.45, 2.75) is 45.8 Å². The van der Waals surface area contributed by atoms with E-state index in [9.17, 15) is 4.79 Å². The van der Waals surface area contributed by atoms with Gasteiger partial charge in [-0.05, 0) is 40.7 Å². The Kier molecular flexibility index (Phi) is 4.22. The number of nitrogen functional groups attached to an aromatic ring is 1. The second kappa shape index (κ2) is 5.66. The quantitative estimate of drug-likeness (QED) is 0.863. The van der Waals surface area contributed by atoms with Gasteiger partial charge >= 0.3 is 6.09 Å². The van der Waals surface area contributed by atoms with Gasteiger partial charge in [0.05, 0.1) is 23.1 Å². The number of carbonyl (C=O) groups is 1. The fourth-order valence-corrected chi connectivity index (χ4v) is 2.73. The minimum atomic E-state index is -0.478. The summed E-state index contributed by atoms with van der Waals surface area (Å²) >= 11 is 0. The van der Waals surface area contributed by atoms with E-state index in [4.69, 9.17) is 10.5 Å². The van der Waals surface area contributed by atoms with E-state index >= 15 is 0 Å². The molecule has 0 spiro atoms. The van der Waals surface area contributed by atoms with E-state index < -0.39 is 5.60 Å². The van der Waals surface area contributed by atoms with Crippen LogP contribution in [0.5, 0.6) is 0 Å². The number of rotatable bonds is 1. The van der Waals surface area contributed by atoms with Gasteiger partial charge in [-0.2, -0.15) is 0 Å². The van der Waals surface area contributed by atoms with Gasteiger partial charge in [-0.15, -0.1) is 0 Å². The molecule has 1 aliphatic rings. The van der Waals surface area contributed by atoms with Crippen molar-refractivity contribution in [3.05, 3.63) is 18.5 Å². The molecule has 0 bridgehead atoms. The van der Waals surface area contributed by atoms with E-state index in [-0.39, 0.29) is 11.6 Å².